The molecule has 0 spiro atoms. The van der Waals surface area contributed by atoms with Crippen LogP contribution in [0.2, 0.25) is 0 Å². The highest BCUT2D eigenvalue weighted by molar-refractivity contribution is 6.02. The molecule has 0 aliphatic carbocycles. The Bertz CT molecular complexity index is 950. The lowest BCUT2D eigenvalue weighted by Crippen LogP contribution is -2.33. The highest BCUT2D eigenvalue weighted by Gasteiger charge is 2.37. The number of nitro groups is 2. The number of ketones is 1. The van der Waals surface area contributed by atoms with Crippen molar-refractivity contribution in [1.29, 1.82) is 0 Å². The van der Waals surface area contributed by atoms with Gasteiger partial charge < -0.3 is 15.2 Å². The number of benzene rings is 1. The standard InChI is InChI=1S/C18H19N3O8/c1-9-15(11(3)22)17(12-5-4-6-13(7-12)20(25)26)16(10(2)19-9)18(24)29-8-14(23)21(27)28/h4-7,14,17,19,23H,8H2,1-3H3. The van der Waals surface area contributed by atoms with Crippen LogP contribution in [0, 0.1) is 20.2 Å². The van der Waals surface area contributed by atoms with Gasteiger partial charge in [0.15, 0.2) is 12.4 Å². The average molecular weight is 405 g/mol. The predicted octanol–water partition coefficient (Wildman–Crippen LogP) is 1.56. The van der Waals surface area contributed by atoms with Crippen molar-refractivity contribution in [3.63, 3.8) is 0 Å². The number of hydrogen-bond acceptors (Lipinski definition) is 9. The SMILES string of the molecule is CC(=O)C1=C(C)NC(C)=C(C(=O)OCC(O)[N+](=O)[O-])C1c1cccc([N+](=O)[O-])c1. The summed E-state index contributed by atoms with van der Waals surface area (Å²) in [4.78, 5) is 45.1. The number of allylic oxidation sites excluding steroid dienone is 3. The van der Waals surface area contributed by atoms with Gasteiger partial charge in [-0.2, -0.15) is 0 Å². The van der Waals surface area contributed by atoms with Gasteiger partial charge in [0.1, 0.15) is 0 Å². The fourth-order valence-corrected chi connectivity index (χ4v) is 3.17. The summed E-state index contributed by atoms with van der Waals surface area (Å²) in [5, 5.41) is 33.9. The van der Waals surface area contributed by atoms with Crippen LogP contribution in [-0.4, -0.2) is 39.5 Å². The van der Waals surface area contributed by atoms with Crippen molar-refractivity contribution in [2.75, 3.05) is 6.61 Å². The maximum absolute atomic E-state index is 12.7. The van der Waals surface area contributed by atoms with E-state index < -0.39 is 34.6 Å². The molecule has 1 aliphatic heterocycles. The molecule has 0 saturated carbocycles. The molecule has 0 radical (unpaired) electrons. The van der Waals surface area contributed by atoms with E-state index >= 15 is 0 Å². The summed E-state index contributed by atoms with van der Waals surface area (Å²) < 4.78 is 4.87. The van der Waals surface area contributed by atoms with E-state index in [0.717, 1.165) is 0 Å². The smallest absolute Gasteiger partial charge is 0.347 e. The Morgan fingerprint density at radius 1 is 1.21 bits per heavy atom. The van der Waals surface area contributed by atoms with Gasteiger partial charge in [-0.1, -0.05) is 12.1 Å². The summed E-state index contributed by atoms with van der Waals surface area (Å²) in [7, 11) is 0. The number of nitrogens with zero attached hydrogens (tertiary/aromatic N) is 2. The molecule has 0 fully saturated rings. The second-order valence-corrected chi connectivity index (χ2v) is 6.41. The summed E-state index contributed by atoms with van der Waals surface area (Å²) in [6.07, 6.45) is -2.10. The molecule has 0 bridgehead atoms. The van der Waals surface area contributed by atoms with Gasteiger partial charge in [0.2, 0.25) is 0 Å². The van der Waals surface area contributed by atoms with Gasteiger partial charge in [-0.05, 0) is 26.3 Å². The topological polar surface area (TPSA) is 162 Å². The third kappa shape index (κ3) is 4.63. The number of esters is 1. The third-order valence-corrected chi connectivity index (χ3v) is 4.38. The Morgan fingerprint density at radius 2 is 1.83 bits per heavy atom. The molecule has 1 aromatic carbocycles. The molecule has 11 heteroatoms. The van der Waals surface area contributed by atoms with Crippen LogP contribution in [0.1, 0.15) is 32.3 Å². The van der Waals surface area contributed by atoms with Gasteiger partial charge in [-0.15, -0.1) is 0 Å². The number of aliphatic hydroxyl groups is 1. The zero-order valence-corrected chi connectivity index (χ0v) is 15.9. The van der Waals surface area contributed by atoms with E-state index in [0.29, 0.717) is 17.0 Å². The summed E-state index contributed by atoms with van der Waals surface area (Å²) in [5.74, 6) is -2.33. The maximum atomic E-state index is 12.7. The van der Waals surface area contributed by atoms with Crippen molar-refractivity contribution in [2.24, 2.45) is 0 Å². The Hall–Kier alpha value is -3.60. The normalized spacial score (nSPS) is 17.4. The molecular weight excluding hydrogens is 386 g/mol. The van der Waals surface area contributed by atoms with Crippen LogP contribution in [0.3, 0.4) is 0 Å². The number of non-ortho nitro benzene ring substituents is 1. The fraction of sp³-hybridized carbons (Fsp3) is 0.333. The highest BCUT2D eigenvalue weighted by atomic mass is 16.7. The number of nitrogens with one attached hydrogen (secondary N) is 1. The average Bonchev–Trinajstić information content (AvgIpc) is 2.64. The largest absolute Gasteiger partial charge is 0.452 e. The fourth-order valence-electron chi connectivity index (χ4n) is 3.17. The molecule has 154 valence electrons. The number of carbonyl (C=O) groups is 2. The molecule has 2 unspecified atom stereocenters. The Morgan fingerprint density at radius 3 is 2.38 bits per heavy atom. The van der Waals surface area contributed by atoms with Crippen LogP contribution in [0.15, 0.2) is 46.8 Å². The van der Waals surface area contributed by atoms with E-state index in [2.05, 4.69) is 5.32 Å². The molecule has 0 amide bonds. The minimum atomic E-state index is -2.10. The van der Waals surface area contributed by atoms with E-state index in [-0.39, 0.29) is 22.6 Å². The van der Waals surface area contributed by atoms with Gasteiger partial charge >= 0.3 is 12.2 Å². The van der Waals surface area contributed by atoms with E-state index in [9.17, 15) is 34.9 Å². The molecule has 2 N–H and O–H groups in total. The van der Waals surface area contributed by atoms with E-state index in [1.807, 2.05) is 0 Å². The van der Waals surface area contributed by atoms with E-state index in [1.165, 1.54) is 31.2 Å². The number of nitro benzene ring substituents is 1. The molecule has 1 aromatic rings. The monoisotopic (exact) mass is 405 g/mol. The predicted molar refractivity (Wildman–Crippen MR) is 99.0 cm³/mol. The number of carbonyl (C=O) groups excluding carboxylic acids is 2. The van der Waals surface area contributed by atoms with Crippen LogP contribution in [0.25, 0.3) is 0 Å². The van der Waals surface area contributed by atoms with Crippen molar-refractivity contribution < 1.29 is 29.3 Å². The second-order valence-electron chi connectivity index (χ2n) is 6.41. The number of Topliss-reactive ketones (excluding diaryl/α,β-unsaturated/α-hetero) is 1. The van der Waals surface area contributed by atoms with Crippen LogP contribution < -0.4 is 5.32 Å². The van der Waals surface area contributed by atoms with Gasteiger partial charge in [-0.25, -0.2) is 4.79 Å². The molecule has 2 rings (SSSR count). The number of rotatable bonds is 7. The second kappa shape index (κ2) is 8.61. The number of aliphatic hydroxyl groups excluding tert-OH is 1. The first-order valence-electron chi connectivity index (χ1n) is 8.47. The number of ether oxygens (including phenoxy) is 1. The van der Waals surface area contributed by atoms with Gasteiger partial charge in [0.25, 0.3) is 5.69 Å². The summed E-state index contributed by atoms with van der Waals surface area (Å²) in [6.45, 7) is 3.59. The highest BCUT2D eigenvalue weighted by Crippen LogP contribution is 2.39. The van der Waals surface area contributed by atoms with Crippen molar-refractivity contribution in [1.82, 2.24) is 5.32 Å². The molecule has 11 nitrogen and oxygen atoms in total. The maximum Gasteiger partial charge on any atom is 0.347 e. The molecule has 1 aliphatic rings. The van der Waals surface area contributed by atoms with Crippen molar-refractivity contribution in [3.8, 4) is 0 Å². The lowest BCUT2D eigenvalue weighted by molar-refractivity contribution is -0.572. The molecule has 2 atom stereocenters. The van der Waals surface area contributed by atoms with E-state index in [4.69, 9.17) is 4.74 Å². The van der Waals surface area contributed by atoms with Crippen molar-refractivity contribution in [2.45, 2.75) is 32.9 Å². The third-order valence-electron chi connectivity index (χ3n) is 4.38. The minimum absolute atomic E-state index is 0.0307. The van der Waals surface area contributed by atoms with Gasteiger partial charge in [0, 0.05) is 35.0 Å². The molecule has 1 heterocycles. The lowest BCUT2D eigenvalue weighted by atomic mass is 9.79. The zero-order chi connectivity index (χ0) is 21.9. The molecule has 0 saturated heterocycles. The summed E-state index contributed by atoms with van der Waals surface area (Å²) in [6, 6.07) is 5.48. The lowest BCUT2D eigenvalue weighted by Gasteiger charge is -2.30. The number of hydrogen-bond donors (Lipinski definition) is 2. The number of dihydropyridines is 1. The summed E-state index contributed by atoms with van der Waals surface area (Å²) >= 11 is 0. The Kier molecular flexibility index (Phi) is 6.44. The van der Waals surface area contributed by atoms with Crippen molar-refractivity contribution >= 4 is 17.4 Å². The zero-order valence-electron chi connectivity index (χ0n) is 15.9. The molecule has 29 heavy (non-hydrogen) atoms. The summed E-state index contributed by atoms with van der Waals surface area (Å²) in [5.41, 5.74) is 1.05. The Balaban J connectivity index is 2.54. The minimum Gasteiger partial charge on any atom is -0.452 e. The van der Waals surface area contributed by atoms with Crippen LogP contribution >= 0.6 is 0 Å². The van der Waals surface area contributed by atoms with Gasteiger partial charge in [0.05, 0.1) is 15.4 Å². The Labute approximate surface area is 165 Å². The van der Waals surface area contributed by atoms with E-state index in [1.54, 1.807) is 13.8 Å². The van der Waals surface area contributed by atoms with Crippen LogP contribution in [0.4, 0.5) is 5.69 Å². The first-order chi connectivity index (χ1) is 13.5. The first kappa shape index (κ1) is 21.7. The quantitative estimate of drug-likeness (QED) is 0.297. The van der Waals surface area contributed by atoms with Crippen LogP contribution in [-0.2, 0) is 14.3 Å². The van der Waals surface area contributed by atoms with Crippen LogP contribution in [0.5, 0.6) is 0 Å². The first-order valence-corrected chi connectivity index (χ1v) is 8.47. The molecule has 0 aromatic heterocycles. The van der Waals surface area contributed by atoms with Gasteiger partial charge in [-0.3, -0.25) is 25.0 Å². The van der Waals surface area contributed by atoms with Crippen molar-refractivity contribution in [3.05, 3.63) is 72.6 Å². The molecular formula is C18H19N3O8.